The van der Waals surface area contributed by atoms with Gasteiger partial charge in [0.15, 0.2) is 0 Å². The van der Waals surface area contributed by atoms with Crippen LogP contribution in [0.2, 0.25) is 0 Å². The van der Waals surface area contributed by atoms with Crippen molar-refractivity contribution in [2.75, 3.05) is 11.1 Å². The fourth-order valence-electron chi connectivity index (χ4n) is 1.73. The molecule has 0 aliphatic carbocycles. The fraction of sp³-hybridized carbons (Fsp3) is 0.143. The van der Waals surface area contributed by atoms with Crippen molar-refractivity contribution in [2.45, 2.75) is 13.5 Å². The Morgan fingerprint density at radius 1 is 1.26 bits per heavy atom. The number of rotatable bonds is 3. The minimum atomic E-state index is -0.262. The molecule has 1 aromatic carbocycles. The molecule has 1 amide bonds. The van der Waals surface area contributed by atoms with E-state index in [1.807, 2.05) is 31.2 Å². The summed E-state index contributed by atoms with van der Waals surface area (Å²) in [5, 5.41) is 2.77. The van der Waals surface area contributed by atoms with Crippen molar-refractivity contribution >= 4 is 17.3 Å². The van der Waals surface area contributed by atoms with Crippen LogP contribution in [0.3, 0.4) is 0 Å². The number of hydrogen-bond acceptors (Lipinski definition) is 3. The second-order valence-electron chi connectivity index (χ2n) is 4.29. The monoisotopic (exact) mass is 257 g/mol. The summed E-state index contributed by atoms with van der Waals surface area (Å²) in [6, 6.07) is 10.3. The summed E-state index contributed by atoms with van der Waals surface area (Å²) >= 11 is 0. The van der Waals surface area contributed by atoms with E-state index in [1.165, 1.54) is 22.9 Å². The van der Waals surface area contributed by atoms with Crippen LogP contribution in [0.5, 0.6) is 0 Å². The highest BCUT2D eigenvalue weighted by molar-refractivity contribution is 5.91. The quantitative estimate of drug-likeness (QED) is 0.872. The van der Waals surface area contributed by atoms with Crippen molar-refractivity contribution < 1.29 is 4.79 Å². The van der Waals surface area contributed by atoms with Crippen LogP contribution < -0.4 is 16.6 Å². The molecule has 0 saturated heterocycles. The maximum absolute atomic E-state index is 11.9. The van der Waals surface area contributed by atoms with Gasteiger partial charge in [0.2, 0.25) is 5.91 Å². The third-order valence-corrected chi connectivity index (χ3v) is 2.74. The van der Waals surface area contributed by atoms with Crippen molar-refractivity contribution in [3.63, 3.8) is 0 Å². The normalized spacial score (nSPS) is 10.2. The van der Waals surface area contributed by atoms with Gasteiger partial charge in [-0.1, -0.05) is 18.2 Å². The Bertz CT molecular complexity index is 662. The van der Waals surface area contributed by atoms with E-state index in [-0.39, 0.29) is 18.0 Å². The number of amides is 1. The standard InChI is InChI=1S/C14H15N3O2/c1-10-4-2-3-5-12(10)16-13(18)9-17-8-11(15)6-7-14(17)19/h2-8H,9,15H2,1H3,(H,16,18). The van der Waals surface area contributed by atoms with Crippen molar-refractivity contribution in [3.05, 3.63) is 58.5 Å². The van der Waals surface area contributed by atoms with Crippen LogP contribution in [0.25, 0.3) is 0 Å². The first kappa shape index (κ1) is 12.9. The van der Waals surface area contributed by atoms with Crippen molar-refractivity contribution in [1.29, 1.82) is 0 Å². The lowest BCUT2D eigenvalue weighted by atomic mass is 10.2. The van der Waals surface area contributed by atoms with Gasteiger partial charge in [0, 0.05) is 23.6 Å². The lowest BCUT2D eigenvalue weighted by Gasteiger charge is -2.09. The zero-order valence-corrected chi connectivity index (χ0v) is 10.6. The average molecular weight is 257 g/mol. The van der Waals surface area contributed by atoms with Crippen molar-refractivity contribution in [2.24, 2.45) is 0 Å². The molecule has 0 unspecified atom stereocenters. The molecule has 5 heteroatoms. The molecule has 1 heterocycles. The largest absolute Gasteiger partial charge is 0.398 e. The van der Waals surface area contributed by atoms with Crippen LogP contribution in [0.4, 0.5) is 11.4 Å². The molecule has 3 N–H and O–H groups in total. The number of pyridine rings is 1. The van der Waals surface area contributed by atoms with E-state index >= 15 is 0 Å². The number of aryl methyl sites for hydroxylation is 1. The van der Waals surface area contributed by atoms with Gasteiger partial charge in [-0.3, -0.25) is 9.59 Å². The van der Waals surface area contributed by atoms with E-state index in [0.717, 1.165) is 11.3 Å². The molecule has 0 aliphatic rings. The molecule has 0 bridgehead atoms. The van der Waals surface area contributed by atoms with Gasteiger partial charge in [-0.25, -0.2) is 0 Å². The Morgan fingerprint density at radius 3 is 2.74 bits per heavy atom. The average Bonchev–Trinajstić information content (AvgIpc) is 2.37. The number of nitrogens with zero attached hydrogens (tertiary/aromatic N) is 1. The second kappa shape index (κ2) is 5.39. The Hall–Kier alpha value is -2.56. The Balaban J connectivity index is 2.12. The zero-order valence-electron chi connectivity index (χ0n) is 10.6. The van der Waals surface area contributed by atoms with Gasteiger partial charge in [0.05, 0.1) is 0 Å². The predicted molar refractivity (Wildman–Crippen MR) is 74.9 cm³/mol. The molecule has 0 aliphatic heterocycles. The lowest BCUT2D eigenvalue weighted by molar-refractivity contribution is -0.116. The first-order valence-corrected chi connectivity index (χ1v) is 5.88. The molecular weight excluding hydrogens is 242 g/mol. The number of hydrogen-bond donors (Lipinski definition) is 2. The van der Waals surface area contributed by atoms with Gasteiger partial charge >= 0.3 is 0 Å². The number of anilines is 2. The molecule has 2 aromatic rings. The smallest absolute Gasteiger partial charge is 0.251 e. The summed E-state index contributed by atoms with van der Waals surface area (Å²) in [6.07, 6.45) is 1.46. The fourth-order valence-corrected chi connectivity index (χ4v) is 1.73. The summed E-state index contributed by atoms with van der Waals surface area (Å²) in [6.45, 7) is 1.85. The van der Waals surface area contributed by atoms with E-state index < -0.39 is 0 Å². The Labute approximate surface area is 110 Å². The van der Waals surface area contributed by atoms with Gasteiger partial charge in [-0.05, 0) is 24.6 Å². The minimum absolute atomic E-state index is 0.0573. The van der Waals surface area contributed by atoms with Crippen LogP contribution in [-0.4, -0.2) is 10.5 Å². The van der Waals surface area contributed by atoms with Gasteiger partial charge in [-0.2, -0.15) is 0 Å². The summed E-state index contributed by atoms with van der Waals surface area (Å²) < 4.78 is 1.28. The summed E-state index contributed by atoms with van der Waals surface area (Å²) in [4.78, 5) is 23.4. The summed E-state index contributed by atoms with van der Waals surface area (Å²) in [7, 11) is 0. The van der Waals surface area contributed by atoms with Crippen LogP contribution in [-0.2, 0) is 11.3 Å². The maximum atomic E-state index is 11.9. The molecule has 19 heavy (non-hydrogen) atoms. The highest BCUT2D eigenvalue weighted by Crippen LogP contribution is 2.12. The summed E-state index contributed by atoms with van der Waals surface area (Å²) in [5.74, 6) is -0.262. The van der Waals surface area contributed by atoms with Crippen molar-refractivity contribution in [1.82, 2.24) is 4.57 Å². The lowest BCUT2D eigenvalue weighted by Crippen LogP contribution is -2.27. The second-order valence-corrected chi connectivity index (χ2v) is 4.29. The van der Waals surface area contributed by atoms with Crippen LogP contribution >= 0.6 is 0 Å². The minimum Gasteiger partial charge on any atom is -0.398 e. The molecule has 1 aromatic heterocycles. The van der Waals surface area contributed by atoms with E-state index in [2.05, 4.69) is 5.32 Å². The predicted octanol–water partition coefficient (Wildman–Crippen LogP) is 1.38. The van der Waals surface area contributed by atoms with Gasteiger partial charge in [0.1, 0.15) is 6.54 Å². The number of aromatic nitrogens is 1. The number of para-hydroxylation sites is 1. The number of carbonyl (C=O) groups excluding carboxylic acids is 1. The molecule has 5 nitrogen and oxygen atoms in total. The molecule has 2 rings (SSSR count). The highest BCUT2D eigenvalue weighted by Gasteiger charge is 2.06. The molecule has 98 valence electrons. The van der Waals surface area contributed by atoms with E-state index in [9.17, 15) is 9.59 Å². The number of benzene rings is 1. The third-order valence-electron chi connectivity index (χ3n) is 2.74. The number of nitrogen functional groups attached to an aromatic ring is 1. The molecule has 0 fully saturated rings. The first-order valence-electron chi connectivity index (χ1n) is 5.88. The Kier molecular flexibility index (Phi) is 3.66. The number of nitrogens with one attached hydrogen (secondary N) is 1. The SMILES string of the molecule is Cc1ccccc1NC(=O)Cn1cc(N)ccc1=O. The van der Waals surface area contributed by atoms with E-state index in [4.69, 9.17) is 5.73 Å². The highest BCUT2D eigenvalue weighted by atomic mass is 16.2. The van der Waals surface area contributed by atoms with Crippen LogP contribution in [0.15, 0.2) is 47.4 Å². The summed E-state index contributed by atoms with van der Waals surface area (Å²) in [5.41, 5.74) is 7.49. The topological polar surface area (TPSA) is 77.1 Å². The number of carbonyl (C=O) groups is 1. The van der Waals surface area contributed by atoms with Crippen LogP contribution in [0.1, 0.15) is 5.56 Å². The van der Waals surface area contributed by atoms with Crippen LogP contribution in [0, 0.1) is 6.92 Å². The molecule has 0 spiro atoms. The van der Waals surface area contributed by atoms with E-state index in [0.29, 0.717) is 5.69 Å². The Morgan fingerprint density at radius 2 is 2.00 bits per heavy atom. The van der Waals surface area contributed by atoms with Gasteiger partial charge < -0.3 is 15.6 Å². The molecule has 0 saturated carbocycles. The molecule has 0 atom stereocenters. The van der Waals surface area contributed by atoms with E-state index in [1.54, 1.807) is 0 Å². The molecule has 0 radical (unpaired) electrons. The zero-order chi connectivity index (χ0) is 13.8. The molecular formula is C14H15N3O2. The van der Waals surface area contributed by atoms with Crippen molar-refractivity contribution in [3.8, 4) is 0 Å². The number of nitrogens with two attached hydrogens (primary N) is 1. The third kappa shape index (κ3) is 3.22. The first-order chi connectivity index (χ1) is 9.06. The maximum Gasteiger partial charge on any atom is 0.251 e. The van der Waals surface area contributed by atoms with Gasteiger partial charge in [0.25, 0.3) is 5.56 Å². The van der Waals surface area contributed by atoms with Gasteiger partial charge in [-0.15, -0.1) is 0 Å².